The van der Waals surface area contributed by atoms with Crippen LogP contribution in [0.2, 0.25) is 0 Å². The quantitative estimate of drug-likeness (QED) is 0.242. The Balaban J connectivity index is 1.80. The van der Waals surface area contributed by atoms with Gasteiger partial charge in [0.25, 0.3) is 0 Å². The zero-order valence-electron chi connectivity index (χ0n) is 17.7. The number of hydroxylamine groups is 2. The van der Waals surface area contributed by atoms with Gasteiger partial charge in [0.05, 0.1) is 11.5 Å². The molecule has 0 fully saturated rings. The Morgan fingerprint density at radius 1 is 0.968 bits per heavy atom. The molecule has 0 N–H and O–H groups in total. The second-order valence-corrected chi connectivity index (χ2v) is 9.94. The average molecular weight is 497 g/mol. The van der Waals surface area contributed by atoms with Crippen LogP contribution in [0.4, 0.5) is 0 Å². The van der Waals surface area contributed by atoms with Crippen molar-refractivity contribution in [2.75, 3.05) is 11.9 Å². The number of hydrogen-bond donors (Lipinski definition) is 0. The number of para-hydroxylation sites is 1. The third kappa shape index (κ3) is 4.70. The maximum Gasteiger partial charge on any atom is 0.125 e. The lowest BCUT2D eigenvalue weighted by Crippen LogP contribution is -2.46. The molecular weight excluding hydrogens is 470 g/mol. The Morgan fingerprint density at radius 3 is 2.48 bits per heavy atom. The number of nitrogens with zero attached hydrogens (tertiary/aromatic N) is 1. The highest BCUT2D eigenvalue weighted by Crippen LogP contribution is 2.56. The Hall–Kier alpha value is -1.79. The van der Waals surface area contributed by atoms with Crippen molar-refractivity contribution in [3.8, 4) is 5.75 Å². The third-order valence-corrected chi connectivity index (χ3v) is 7.77. The highest BCUT2D eigenvalue weighted by molar-refractivity contribution is 9.09. The molecule has 0 radical (unpaired) electrons. The first-order valence-corrected chi connectivity index (χ1v) is 12.7. The van der Waals surface area contributed by atoms with Crippen LogP contribution in [0.25, 0.3) is 0 Å². The molecule has 0 saturated heterocycles. The van der Waals surface area contributed by atoms with Crippen LogP contribution in [0.5, 0.6) is 5.75 Å². The van der Waals surface area contributed by atoms with Crippen LogP contribution in [-0.4, -0.2) is 17.0 Å². The van der Waals surface area contributed by atoms with Gasteiger partial charge in [-0.3, -0.25) is 0 Å². The summed E-state index contributed by atoms with van der Waals surface area (Å²) in [5.74, 6) is 0.799. The van der Waals surface area contributed by atoms with E-state index in [0.717, 1.165) is 45.5 Å². The summed E-state index contributed by atoms with van der Waals surface area (Å²) in [6.45, 7) is 2.64. The summed E-state index contributed by atoms with van der Waals surface area (Å²) in [6, 6.07) is 26.3. The smallest absolute Gasteiger partial charge is 0.125 e. The number of fused-ring (bicyclic) bond motifs is 1. The molecule has 4 rings (SSSR count). The van der Waals surface area contributed by atoms with E-state index in [1.807, 2.05) is 49.4 Å². The van der Waals surface area contributed by atoms with E-state index in [0.29, 0.717) is 13.0 Å². The van der Waals surface area contributed by atoms with Gasteiger partial charge in [0.1, 0.15) is 5.75 Å². The monoisotopic (exact) mass is 496 g/mol. The molecule has 3 aromatic rings. The molecule has 2 atom stereocenters. The van der Waals surface area contributed by atoms with Crippen molar-refractivity contribution >= 4 is 27.7 Å². The van der Waals surface area contributed by atoms with E-state index in [1.54, 1.807) is 11.8 Å². The second-order valence-electron chi connectivity index (χ2n) is 7.83. The largest absolute Gasteiger partial charge is 0.784 e. The fourth-order valence-corrected chi connectivity index (χ4v) is 6.16. The number of rotatable bonds is 8. The molecule has 0 bridgehead atoms. The zero-order valence-corrected chi connectivity index (χ0v) is 20.1. The molecule has 3 aromatic carbocycles. The second kappa shape index (κ2) is 10.2. The highest BCUT2D eigenvalue weighted by Gasteiger charge is 2.43. The summed E-state index contributed by atoms with van der Waals surface area (Å²) in [5, 5.41) is 16.2. The number of halogens is 1. The van der Waals surface area contributed by atoms with Crippen molar-refractivity contribution in [1.82, 2.24) is 5.06 Å². The van der Waals surface area contributed by atoms with Crippen molar-refractivity contribution in [3.63, 3.8) is 0 Å². The van der Waals surface area contributed by atoms with Crippen LogP contribution in [-0.2, 0) is 11.3 Å². The molecule has 0 spiro atoms. The maximum atomic E-state index is 14.0. The van der Waals surface area contributed by atoms with Crippen molar-refractivity contribution < 1.29 is 4.74 Å². The highest BCUT2D eigenvalue weighted by atomic mass is 79.9. The van der Waals surface area contributed by atoms with Crippen molar-refractivity contribution in [2.24, 2.45) is 0 Å². The SMILES string of the molecule is CC1c2ccccc2SC(Cc2ccccc2)(c2ccccc2OCCCCBr)N1[O-]. The lowest BCUT2D eigenvalue weighted by atomic mass is 9.94. The first-order chi connectivity index (χ1) is 15.2. The summed E-state index contributed by atoms with van der Waals surface area (Å²) in [5.41, 5.74) is 3.16. The van der Waals surface area contributed by atoms with Gasteiger partial charge >= 0.3 is 0 Å². The topological polar surface area (TPSA) is 35.5 Å². The number of benzene rings is 3. The minimum absolute atomic E-state index is 0.248. The van der Waals surface area contributed by atoms with Crippen LogP contribution in [0.1, 0.15) is 42.5 Å². The van der Waals surface area contributed by atoms with Gasteiger partial charge in [0.15, 0.2) is 0 Å². The molecule has 0 amide bonds. The summed E-state index contributed by atoms with van der Waals surface area (Å²) >= 11 is 5.13. The van der Waals surface area contributed by atoms with Gasteiger partial charge in [-0.1, -0.05) is 94.4 Å². The van der Waals surface area contributed by atoms with Gasteiger partial charge in [0, 0.05) is 28.3 Å². The summed E-state index contributed by atoms with van der Waals surface area (Å²) in [7, 11) is 0. The number of alkyl halides is 1. The van der Waals surface area contributed by atoms with E-state index >= 15 is 0 Å². The molecule has 3 nitrogen and oxygen atoms in total. The standard InChI is InChI=1S/C26H27BrNO2S/c1-20-22-13-5-8-16-25(22)31-26(28(20)29,19-21-11-3-2-4-12-21)23-14-6-7-15-24(23)30-18-10-9-17-27/h2-8,11-16,20H,9-10,17-19H2,1H3/q-1. The van der Waals surface area contributed by atoms with E-state index in [-0.39, 0.29) is 6.04 Å². The van der Waals surface area contributed by atoms with Crippen molar-refractivity contribution in [1.29, 1.82) is 0 Å². The Bertz CT molecular complexity index is 999. The van der Waals surface area contributed by atoms with Crippen LogP contribution in [0.15, 0.2) is 83.8 Å². The minimum Gasteiger partial charge on any atom is -0.784 e. The first-order valence-electron chi connectivity index (χ1n) is 10.7. The molecule has 2 unspecified atom stereocenters. The molecule has 1 heterocycles. The summed E-state index contributed by atoms with van der Waals surface area (Å²) < 4.78 is 6.23. The average Bonchev–Trinajstić information content (AvgIpc) is 2.81. The predicted octanol–water partition coefficient (Wildman–Crippen LogP) is 7.30. The third-order valence-electron chi connectivity index (χ3n) is 5.74. The van der Waals surface area contributed by atoms with E-state index < -0.39 is 4.87 Å². The van der Waals surface area contributed by atoms with Gasteiger partial charge in [-0.2, -0.15) is 0 Å². The summed E-state index contributed by atoms with van der Waals surface area (Å²) in [4.78, 5) is 0.355. The molecular formula is C26H27BrNO2S-. The fraction of sp³-hybridized carbons (Fsp3) is 0.308. The van der Waals surface area contributed by atoms with Gasteiger partial charge in [-0.05, 0) is 43.0 Å². The summed E-state index contributed by atoms with van der Waals surface area (Å²) in [6.07, 6.45) is 2.63. The predicted molar refractivity (Wildman–Crippen MR) is 133 cm³/mol. The van der Waals surface area contributed by atoms with E-state index in [2.05, 4.69) is 52.3 Å². The molecule has 0 saturated carbocycles. The maximum absolute atomic E-state index is 14.0. The Kier molecular flexibility index (Phi) is 7.39. The Morgan fingerprint density at radius 2 is 1.68 bits per heavy atom. The fourth-order valence-electron chi connectivity index (χ4n) is 4.13. The lowest BCUT2D eigenvalue weighted by Gasteiger charge is -2.55. The zero-order chi connectivity index (χ0) is 21.7. The normalized spacial score (nSPS) is 20.9. The molecule has 1 aliphatic heterocycles. The molecule has 1 aliphatic rings. The first kappa shape index (κ1) is 22.4. The number of hydrogen-bond acceptors (Lipinski definition) is 4. The van der Waals surface area contributed by atoms with Gasteiger partial charge < -0.3 is 15.0 Å². The molecule has 162 valence electrons. The van der Waals surface area contributed by atoms with E-state index in [9.17, 15) is 5.21 Å². The molecule has 0 aliphatic carbocycles. The number of ether oxygens (including phenoxy) is 1. The van der Waals surface area contributed by atoms with E-state index in [1.165, 1.54) is 5.06 Å². The number of unbranched alkanes of at least 4 members (excludes halogenated alkanes) is 1. The van der Waals surface area contributed by atoms with Crippen LogP contribution < -0.4 is 4.74 Å². The van der Waals surface area contributed by atoms with Crippen LogP contribution in [0, 0.1) is 5.21 Å². The van der Waals surface area contributed by atoms with Crippen molar-refractivity contribution in [2.45, 2.75) is 42.0 Å². The molecule has 31 heavy (non-hydrogen) atoms. The van der Waals surface area contributed by atoms with Crippen LogP contribution in [0.3, 0.4) is 0 Å². The van der Waals surface area contributed by atoms with Gasteiger partial charge in [-0.15, -0.1) is 0 Å². The van der Waals surface area contributed by atoms with Crippen LogP contribution >= 0.6 is 27.7 Å². The molecule has 5 heteroatoms. The van der Waals surface area contributed by atoms with Crippen molar-refractivity contribution in [3.05, 3.63) is 101 Å². The van der Waals surface area contributed by atoms with Gasteiger partial charge in [0.2, 0.25) is 0 Å². The molecule has 0 aromatic heterocycles. The van der Waals surface area contributed by atoms with E-state index in [4.69, 9.17) is 4.74 Å². The Labute approximate surface area is 197 Å². The minimum atomic E-state index is -0.804. The lowest BCUT2D eigenvalue weighted by molar-refractivity contribution is 0.171. The number of thioether (sulfide) groups is 1. The van der Waals surface area contributed by atoms with Gasteiger partial charge in [-0.25, -0.2) is 0 Å².